The van der Waals surface area contributed by atoms with Gasteiger partial charge in [-0.05, 0) is 54.9 Å². The zero-order chi connectivity index (χ0) is 13.2. The molecule has 1 aromatic carbocycles. The number of thiophene rings is 1. The summed E-state index contributed by atoms with van der Waals surface area (Å²) in [6.07, 6.45) is 6.24. The Morgan fingerprint density at radius 1 is 1.21 bits per heavy atom. The fourth-order valence-corrected chi connectivity index (χ4v) is 4.12. The molecule has 0 saturated carbocycles. The third-order valence-electron chi connectivity index (χ3n) is 4.04. The van der Waals surface area contributed by atoms with Crippen LogP contribution in [0.15, 0.2) is 30.3 Å². The summed E-state index contributed by atoms with van der Waals surface area (Å²) >= 11 is 1.93. The van der Waals surface area contributed by atoms with Crippen LogP contribution in [0, 0.1) is 0 Å². The predicted molar refractivity (Wildman–Crippen MR) is 82.8 cm³/mol. The molecule has 0 radical (unpaired) electrons. The molecule has 0 bridgehead atoms. The first-order valence-corrected chi connectivity index (χ1v) is 8.05. The van der Waals surface area contributed by atoms with Gasteiger partial charge in [0.15, 0.2) is 0 Å². The number of hydrogen-bond donors (Lipinski definition) is 1. The van der Waals surface area contributed by atoms with Gasteiger partial charge in [0.05, 0.1) is 6.04 Å². The van der Waals surface area contributed by atoms with Crippen molar-refractivity contribution in [3.63, 3.8) is 0 Å². The third kappa shape index (κ3) is 2.60. The average molecular weight is 271 g/mol. The van der Waals surface area contributed by atoms with E-state index in [0.29, 0.717) is 0 Å². The van der Waals surface area contributed by atoms with Crippen molar-refractivity contribution in [2.24, 2.45) is 5.73 Å². The van der Waals surface area contributed by atoms with E-state index in [9.17, 15) is 0 Å². The van der Waals surface area contributed by atoms with Gasteiger partial charge in [-0.3, -0.25) is 0 Å². The van der Waals surface area contributed by atoms with E-state index in [1.54, 1.807) is 10.4 Å². The van der Waals surface area contributed by atoms with Gasteiger partial charge in [-0.2, -0.15) is 0 Å². The van der Waals surface area contributed by atoms with Crippen molar-refractivity contribution in [2.45, 2.75) is 45.1 Å². The fraction of sp³-hybridized carbons (Fsp3) is 0.412. The van der Waals surface area contributed by atoms with Crippen LogP contribution < -0.4 is 5.73 Å². The largest absolute Gasteiger partial charge is 0.320 e. The first-order chi connectivity index (χ1) is 9.28. The lowest BCUT2D eigenvalue weighted by Gasteiger charge is -2.11. The Balaban J connectivity index is 1.90. The lowest BCUT2D eigenvalue weighted by atomic mass is 9.97. The van der Waals surface area contributed by atoms with Crippen LogP contribution in [0.5, 0.6) is 0 Å². The molecule has 1 aromatic heterocycles. The van der Waals surface area contributed by atoms with Crippen LogP contribution in [0.1, 0.15) is 52.3 Å². The third-order valence-corrected chi connectivity index (χ3v) is 5.36. The Hall–Kier alpha value is -1.12. The number of hydrogen-bond acceptors (Lipinski definition) is 2. The van der Waals surface area contributed by atoms with Gasteiger partial charge < -0.3 is 5.73 Å². The number of aryl methyl sites for hydroxylation is 3. The van der Waals surface area contributed by atoms with E-state index < -0.39 is 0 Å². The Morgan fingerprint density at radius 3 is 2.84 bits per heavy atom. The van der Waals surface area contributed by atoms with Crippen LogP contribution in [-0.2, 0) is 19.3 Å². The lowest BCUT2D eigenvalue weighted by Crippen LogP contribution is -2.10. The number of fused-ring (bicyclic) bond motifs is 1. The Labute approximate surface area is 119 Å². The molecule has 0 aliphatic heterocycles. The van der Waals surface area contributed by atoms with E-state index in [4.69, 9.17) is 5.73 Å². The van der Waals surface area contributed by atoms with Crippen molar-refractivity contribution in [1.82, 2.24) is 0 Å². The molecule has 2 N–H and O–H groups in total. The van der Waals surface area contributed by atoms with Crippen LogP contribution in [-0.4, -0.2) is 0 Å². The Morgan fingerprint density at radius 2 is 2.05 bits per heavy atom. The van der Waals surface area contributed by atoms with Gasteiger partial charge in [0.25, 0.3) is 0 Å². The highest BCUT2D eigenvalue weighted by molar-refractivity contribution is 7.12. The number of rotatable bonds is 3. The maximum atomic E-state index is 6.46. The summed E-state index contributed by atoms with van der Waals surface area (Å²) in [6, 6.07) is 11.1. The molecule has 19 heavy (non-hydrogen) atoms. The molecule has 0 fully saturated rings. The van der Waals surface area contributed by atoms with Crippen molar-refractivity contribution in [3.8, 4) is 0 Å². The smallest absolute Gasteiger partial charge is 0.0646 e. The molecule has 0 saturated heterocycles. The molecule has 2 aromatic rings. The van der Waals surface area contributed by atoms with E-state index in [2.05, 4.69) is 37.3 Å². The summed E-state index contributed by atoms with van der Waals surface area (Å²) in [4.78, 5) is 2.91. The van der Waals surface area contributed by atoms with Gasteiger partial charge in [0, 0.05) is 9.75 Å². The maximum absolute atomic E-state index is 6.46. The summed E-state index contributed by atoms with van der Waals surface area (Å²) in [7, 11) is 0. The topological polar surface area (TPSA) is 26.0 Å². The molecule has 0 spiro atoms. The van der Waals surface area contributed by atoms with Gasteiger partial charge in [-0.15, -0.1) is 11.3 Å². The van der Waals surface area contributed by atoms with E-state index in [1.807, 2.05) is 11.3 Å². The molecule has 1 unspecified atom stereocenters. The molecule has 1 atom stereocenters. The molecule has 1 nitrogen and oxygen atoms in total. The molecule has 1 heterocycles. The van der Waals surface area contributed by atoms with E-state index in [-0.39, 0.29) is 6.04 Å². The molecule has 0 amide bonds. The summed E-state index contributed by atoms with van der Waals surface area (Å²) in [5.74, 6) is 0. The summed E-state index contributed by atoms with van der Waals surface area (Å²) in [6.45, 7) is 2.19. The Kier molecular flexibility index (Phi) is 3.72. The zero-order valence-electron chi connectivity index (χ0n) is 11.5. The summed E-state index contributed by atoms with van der Waals surface area (Å²) in [5, 5.41) is 0. The van der Waals surface area contributed by atoms with Crippen LogP contribution in [0.4, 0.5) is 0 Å². The van der Waals surface area contributed by atoms with Crippen LogP contribution in [0.25, 0.3) is 0 Å². The van der Waals surface area contributed by atoms with E-state index in [0.717, 1.165) is 6.42 Å². The summed E-state index contributed by atoms with van der Waals surface area (Å²) < 4.78 is 0. The first kappa shape index (κ1) is 12.9. The minimum atomic E-state index is 0.0436. The second-order valence-electron chi connectivity index (χ2n) is 5.38. The van der Waals surface area contributed by atoms with Gasteiger partial charge in [-0.25, -0.2) is 0 Å². The van der Waals surface area contributed by atoms with Crippen LogP contribution in [0.2, 0.25) is 0 Å². The van der Waals surface area contributed by atoms with Crippen molar-refractivity contribution in [1.29, 1.82) is 0 Å². The molecular formula is C17H21NS. The van der Waals surface area contributed by atoms with E-state index >= 15 is 0 Å². The standard InChI is InChI=1S/C17H21NS/c1-2-12-6-5-8-14(10-12)17(18)16-11-13-7-3-4-9-15(13)19-16/h5-6,8,10-11,17H,2-4,7,9,18H2,1H3. The molecule has 3 rings (SSSR count). The maximum Gasteiger partial charge on any atom is 0.0646 e. The summed E-state index contributed by atoms with van der Waals surface area (Å²) in [5.41, 5.74) is 10.6. The molecule has 2 heteroatoms. The first-order valence-electron chi connectivity index (χ1n) is 7.24. The van der Waals surface area contributed by atoms with Gasteiger partial charge in [-0.1, -0.05) is 31.2 Å². The van der Waals surface area contributed by atoms with Crippen LogP contribution >= 0.6 is 11.3 Å². The second-order valence-corrected chi connectivity index (χ2v) is 6.55. The highest BCUT2D eigenvalue weighted by atomic mass is 32.1. The van der Waals surface area contributed by atoms with Gasteiger partial charge in [0.2, 0.25) is 0 Å². The van der Waals surface area contributed by atoms with Crippen molar-refractivity contribution in [2.75, 3.05) is 0 Å². The van der Waals surface area contributed by atoms with Crippen molar-refractivity contribution < 1.29 is 0 Å². The van der Waals surface area contributed by atoms with Crippen LogP contribution in [0.3, 0.4) is 0 Å². The average Bonchev–Trinajstić information content (AvgIpc) is 2.90. The van der Waals surface area contributed by atoms with Crippen molar-refractivity contribution in [3.05, 3.63) is 56.8 Å². The normalized spacial score (nSPS) is 16.1. The SMILES string of the molecule is CCc1cccc(C(N)c2cc3c(s2)CCCC3)c1. The molecule has 100 valence electrons. The highest BCUT2D eigenvalue weighted by Crippen LogP contribution is 2.34. The van der Waals surface area contributed by atoms with E-state index in [1.165, 1.54) is 41.7 Å². The highest BCUT2D eigenvalue weighted by Gasteiger charge is 2.18. The second kappa shape index (κ2) is 5.48. The van der Waals surface area contributed by atoms with Gasteiger partial charge >= 0.3 is 0 Å². The zero-order valence-corrected chi connectivity index (χ0v) is 12.3. The monoisotopic (exact) mass is 271 g/mol. The Bertz CT molecular complexity index is 547. The lowest BCUT2D eigenvalue weighted by molar-refractivity contribution is 0.696. The number of nitrogens with two attached hydrogens (primary N) is 1. The molecular weight excluding hydrogens is 250 g/mol. The molecule has 1 aliphatic carbocycles. The minimum Gasteiger partial charge on any atom is -0.320 e. The number of benzene rings is 1. The van der Waals surface area contributed by atoms with Crippen molar-refractivity contribution >= 4 is 11.3 Å². The van der Waals surface area contributed by atoms with Gasteiger partial charge in [0.1, 0.15) is 0 Å². The minimum absolute atomic E-state index is 0.0436. The fourth-order valence-electron chi connectivity index (χ4n) is 2.84. The quantitative estimate of drug-likeness (QED) is 0.888. The molecule has 1 aliphatic rings. The predicted octanol–water partition coefficient (Wildman–Crippen LogP) is 4.24.